The molecule has 2 rings (SSSR count). The van der Waals surface area contributed by atoms with Crippen LogP contribution in [0.4, 0.5) is 0 Å². The largest absolute Gasteiger partial charge is 0.496 e. The minimum Gasteiger partial charge on any atom is -0.496 e. The first kappa shape index (κ1) is 16.7. The van der Waals surface area contributed by atoms with Crippen molar-refractivity contribution in [3.8, 4) is 17.2 Å². The molecule has 0 unspecified atom stereocenters. The molecule has 7 heteroatoms. The molecule has 0 atom stereocenters. The molecule has 7 nitrogen and oxygen atoms in total. The van der Waals surface area contributed by atoms with E-state index in [1.165, 1.54) is 0 Å². The number of benzene rings is 1. The van der Waals surface area contributed by atoms with Gasteiger partial charge in [0.1, 0.15) is 17.1 Å². The zero-order chi connectivity index (χ0) is 17.0. The second kappa shape index (κ2) is 7.04. The molecule has 0 aliphatic carbocycles. The van der Waals surface area contributed by atoms with Crippen LogP contribution in [-0.4, -0.2) is 32.4 Å². The Bertz CT molecular complexity index is 689. The predicted molar refractivity (Wildman–Crippen MR) is 83.2 cm³/mol. The van der Waals surface area contributed by atoms with Crippen LogP contribution in [0.3, 0.4) is 0 Å². The topological polar surface area (TPSA) is 82.8 Å². The lowest BCUT2D eigenvalue weighted by Crippen LogP contribution is -2.24. The number of hydrogen-bond donors (Lipinski definition) is 1. The molecule has 0 aliphatic heterocycles. The zero-order valence-corrected chi connectivity index (χ0v) is 13.9. The molecule has 0 bridgehead atoms. The molecule has 1 aromatic carbocycles. The van der Waals surface area contributed by atoms with E-state index in [1.807, 2.05) is 0 Å². The highest BCUT2D eigenvalue weighted by Crippen LogP contribution is 2.34. The van der Waals surface area contributed by atoms with Crippen LogP contribution >= 0.6 is 0 Å². The fourth-order valence-electron chi connectivity index (χ4n) is 2.30. The van der Waals surface area contributed by atoms with Crippen LogP contribution in [-0.2, 0) is 6.54 Å². The van der Waals surface area contributed by atoms with Gasteiger partial charge < -0.3 is 24.1 Å². The fourth-order valence-corrected chi connectivity index (χ4v) is 2.30. The molecule has 1 heterocycles. The molecule has 2 aromatic rings. The lowest BCUT2D eigenvalue weighted by atomic mass is 10.1. The number of hydrogen-bond acceptors (Lipinski definition) is 6. The second-order valence-corrected chi connectivity index (χ2v) is 4.90. The number of methoxy groups -OCH3 is 3. The van der Waals surface area contributed by atoms with E-state index < -0.39 is 0 Å². The number of carbonyl (C=O) groups excluding carboxylic acids is 1. The average Bonchev–Trinajstić information content (AvgIpc) is 2.90. The molecule has 1 aromatic heterocycles. The third-order valence-corrected chi connectivity index (χ3v) is 3.49. The maximum absolute atomic E-state index is 12.3. The van der Waals surface area contributed by atoms with E-state index in [9.17, 15) is 4.79 Å². The van der Waals surface area contributed by atoms with Gasteiger partial charge in [0.25, 0.3) is 5.91 Å². The zero-order valence-electron chi connectivity index (χ0n) is 13.9. The first-order chi connectivity index (χ1) is 11.0. The van der Waals surface area contributed by atoms with Crippen molar-refractivity contribution in [3.63, 3.8) is 0 Å². The van der Waals surface area contributed by atoms with Crippen LogP contribution in [0.5, 0.6) is 17.2 Å². The smallest absolute Gasteiger partial charge is 0.257 e. The highest BCUT2D eigenvalue weighted by molar-refractivity contribution is 5.96. The van der Waals surface area contributed by atoms with Crippen molar-refractivity contribution in [3.05, 3.63) is 34.7 Å². The van der Waals surface area contributed by atoms with Crippen LogP contribution < -0.4 is 19.5 Å². The average molecular weight is 320 g/mol. The third kappa shape index (κ3) is 3.39. The summed E-state index contributed by atoms with van der Waals surface area (Å²) in [5.74, 6) is 1.96. The fraction of sp³-hybridized carbons (Fsp3) is 0.375. The third-order valence-electron chi connectivity index (χ3n) is 3.49. The SMILES string of the molecule is COc1cc(OC)c(OC)cc1CNC(=O)c1c(C)noc1C. The normalized spacial score (nSPS) is 10.3. The highest BCUT2D eigenvalue weighted by Gasteiger charge is 2.18. The van der Waals surface area contributed by atoms with Gasteiger partial charge in [-0.15, -0.1) is 0 Å². The Kier molecular flexibility index (Phi) is 5.10. The van der Waals surface area contributed by atoms with E-state index >= 15 is 0 Å². The number of nitrogens with one attached hydrogen (secondary N) is 1. The molecule has 0 spiro atoms. The monoisotopic (exact) mass is 320 g/mol. The summed E-state index contributed by atoms with van der Waals surface area (Å²) in [6.45, 7) is 3.70. The molecule has 0 fully saturated rings. The van der Waals surface area contributed by atoms with Gasteiger partial charge in [-0.2, -0.15) is 0 Å². The quantitative estimate of drug-likeness (QED) is 0.879. The first-order valence-corrected chi connectivity index (χ1v) is 7.01. The maximum atomic E-state index is 12.3. The van der Waals surface area contributed by atoms with E-state index in [-0.39, 0.29) is 12.5 Å². The molecule has 23 heavy (non-hydrogen) atoms. The molecule has 1 amide bonds. The second-order valence-electron chi connectivity index (χ2n) is 4.90. The first-order valence-electron chi connectivity index (χ1n) is 7.01. The van der Waals surface area contributed by atoms with Gasteiger partial charge in [0.2, 0.25) is 0 Å². The molecule has 124 valence electrons. The van der Waals surface area contributed by atoms with E-state index in [2.05, 4.69) is 10.5 Å². The van der Waals surface area contributed by atoms with Crippen molar-refractivity contribution in [2.24, 2.45) is 0 Å². The summed E-state index contributed by atoms with van der Waals surface area (Å²) in [4.78, 5) is 12.3. The summed E-state index contributed by atoms with van der Waals surface area (Å²) in [5.41, 5.74) is 1.77. The number of aromatic nitrogens is 1. The molecular formula is C16H20N2O5. The Morgan fingerprint density at radius 2 is 1.70 bits per heavy atom. The number of ether oxygens (including phenoxy) is 3. The summed E-state index contributed by atoms with van der Waals surface area (Å²) in [6.07, 6.45) is 0. The number of aryl methyl sites for hydroxylation is 2. The van der Waals surface area contributed by atoms with Crippen LogP contribution in [0.1, 0.15) is 27.4 Å². The standard InChI is InChI=1S/C16H20N2O5/c1-9-15(10(2)23-18-9)16(19)17-8-11-6-13(21-4)14(22-5)7-12(11)20-3/h6-7H,8H2,1-5H3,(H,17,19). The van der Waals surface area contributed by atoms with Crippen molar-refractivity contribution in [2.45, 2.75) is 20.4 Å². The Labute approximate surface area is 134 Å². The van der Waals surface area contributed by atoms with E-state index in [0.717, 1.165) is 5.56 Å². The lowest BCUT2D eigenvalue weighted by molar-refractivity contribution is 0.0948. The summed E-state index contributed by atoms with van der Waals surface area (Å²) in [5, 5.41) is 6.61. The number of amides is 1. The minimum absolute atomic E-state index is 0.252. The van der Waals surface area contributed by atoms with Gasteiger partial charge in [0.05, 0.1) is 27.0 Å². The van der Waals surface area contributed by atoms with Crippen molar-refractivity contribution >= 4 is 5.91 Å². The van der Waals surface area contributed by atoms with Crippen LogP contribution in [0.15, 0.2) is 16.7 Å². The van der Waals surface area contributed by atoms with Gasteiger partial charge in [-0.25, -0.2) is 0 Å². The van der Waals surface area contributed by atoms with Crippen LogP contribution in [0, 0.1) is 13.8 Å². The van der Waals surface area contributed by atoms with Crippen LogP contribution in [0.25, 0.3) is 0 Å². The minimum atomic E-state index is -0.252. The maximum Gasteiger partial charge on any atom is 0.257 e. The molecule has 0 radical (unpaired) electrons. The molecular weight excluding hydrogens is 300 g/mol. The summed E-state index contributed by atoms with van der Waals surface area (Å²) >= 11 is 0. The van der Waals surface area contributed by atoms with Gasteiger partial charge in [-0.05, 0) is 19.9 Å². The molecule has 0 saturated heterocycles. The molecule has 1 N–H and O–H groups in total. The predicted octanol–water partition coefficient (Wildman–Crippen LogP) is 2.25. The Morgan fingerprint density at radius 1 is 1.09 bits per heavy atom. The van der Waals surface area contributed by atoms with Crippen molar-refractivity contribution in [1.29, 1.82) is 0 Å². The van der Waals surface area contributed by atoms with Gasteiger partial charge in [-0.3, -0.25) is 4.79 Å². The summed E-state index contributed by atoms with van der Waals surface area (Å²) in [7, 11) is 4.66. The Hall–Kier alpha value is -2.70. The van der Waals surface area contributed by atoms with Gasteiger partial charge in [0, 0.05) is 18.2 Å². The van der Waals surface area contributed by atoms with E-state index in [0.29, 0.717) is 34.3 Å². The molecule has 0 aliphatic rings. The number of rotatable bonds is 6. The summed E-state index contributed by atoms with van der Waals surface area (Å²) < 4.78 is 20.9. The number of nitrogens with zero attached hydrogens (tertiary/aromatic N) is 1. The van der Waals surface area contributed by atoms with Crippen LogP contribution in [0.2, 0.25) is 0 Å². The Balaban J connectivity index is 2.21. The molecule has 0 saturated carbocycles. The van der Waals surface area contributed by atoms with Crippen molar-refractivity contribution < 1.29 is 23.5 Å². The lowest BCUT2D eigenvalue weighted by Gasteiger charge is -2.14. The number of carbonyl (C=O) groups is 1. The van der Waals surface area contributed by atoms with Crippen molar-refractivity contribution in [2.75, 3.05) is 21.3 Å². The van der Waals surface area contributed by atoms with Gasteiger partial charge >= 0.3 is 0 Å². The van der Waals surface area contributed by atoms with E-state index in [1.54, 1.807) is 47.3 Å². The highest BCUT2D eigenvalue weighted by atomic mass is 16.5. The van der Waals surface area contributed by atoms with Gasteiger partial charge in [0.15, 0.2) is 11.5 Å². The van der Waals surface area contributed by atoms with Gasteiger partial charge in [-0.1, -0.05) is 5.16 Å². The summed E-state index contributed by atoms with van der Waals surface area (Å²) in [6, 6.07) is 3.49. The Morgan fingerprint density at radius 3 is 2.22 bits per heavy atom. The van der Waals surface area contributed by atoms with Crippen molar-refractivity contribution in [1.82, 2.24) is 10.5 Å². The van der Waals surface area contributed by atoms with E-state index in [4.69, 9.17) is 18.7 Å².